The Kier molecular flexibility index (Phi) is 2.42. The average molecular weight is 206 g/mol. The second kappa shape index (κ2) is 3.74. The Labute approximate surface area is 87.6 Å². The molecule has 0 bridgehead atoms. The molecule has 0 fully saturated rings. The van der Waals surface area contributed by atoms with E-state index in [0.29, 0.717) is 11.4 Å². The fraction of sp³-hybridized carbons (Fsp3) is 0.333. The molecule has 0 saturated heterocycles. The highest BCUT2D eigenvalue weighted by Crippen LogP contribution is 2.26. The van der Waals surface area contributed by atoms with E-state index in [2.05, 4.69) is 27.4 Å². The SMILES string of the molecule is Nc1nc(N)c(N)c(C2CC=CCN2)n1. The molecule has 0 saturated carbocycles. The summed E-state index contributed by atoms with van der Waals surface area (Å²) in [7, 11) is 0. The zero-order chi connectivity index (χ0) is 10.8. The van der Waals surface area contributed by atoms with Gasteiger partial charge in [0.15, 0.2) is 5.82 Å². The first-order valence-corrected chi connectivity index (χ1v) is 4.75. The van der Waals surface area contributed by atoms with Gasteiger partial charge in [-0.1, -0.05) is 12.2 Å². The van der Waals surface area contributed by atoms with Crippen LogP contribution < -0.4 is 22.5 Å². The molecule has 1 aliphatic rings. The molecular weight excluding hydrogens is 192 g/mol. The van der Waals surface area contributed by atoms with E-state index in [-0.39, 0.29) is 17.8 Å². The maximum absolute atomic E-state index is 5.81. The fourth-order valence-corrected chi connectivity index (χ4v) is 1.61. The van der Waals surface area contributed by atoms with Gasteiger partial charge in [-0.15, -0.1) is 0 Å². The summed E-state index contributed by atoms with van der Waals surface area (Å²) in [6.45, 7) is 0.800. The first kappa shape index (κ1) is 9.72. The molecule has 6 nitrogen and oxygen atoms in total. The molecule has 0 amide bonds. The van der Waals surface area contributed by atoms with Crippen LogP contribution in [0.25, 0.3) is 0 Å². The predicted octanol–water partition coefficient (Wildman–Crippen LogP) is -0.186. The predicted molar refractivity (Wildman–Crippen MR) is 59.8 cm³/mol. The lowest BCUT2D eigenvalue weighted by molar-refractivity contribution is 0.543. The molecule has 1 atom stereocenters. The van der Waals surface area contributed by atoms with Gasteiger partial charge in [0.05, 0.1) is 17.4 Å². The second-order valence-corrected chi connectivity index (χ2v) is 3.43. The van der Waals surface area contributed by atoms with Gasteiger partial charge in [-0.3, -0.25) is 0 Å². The molecule has 80 valence electrons. The molecule has 0 aliphatic carbocycles. The van der Waals surface area contributed by atoms with Crippen molar-refractivity contribution in [1.82, 2.24) is 15.3 Å². The van der Waals surface area contributed by atoms with Gasteiger partial charge in [-0.2, -0.15) is 4.98 Å². The van der Waals surface area contributed by atoms with E-state index in [1.165, 1.54) is 0 Å². The van der Waals surface area contributed by atoms with Crippen LogP contribution in [-0.2, 0) is 0 Å². The van der Waals surface area contributed by atoms with E-state index in [0.717, 1.165) is 13.0 Å². The van der Waals surface area contributed by atoms with Crippen LogP contribution >= 0.6 is 0 Å². The van der Waals surface area contributed by atoms with Crippen LogP contribution in [0.4, 0.5) is 17.5 Å². The van der Waals surface area contributed by atoms with E-state index >= 15 is 0 Å². The summed E-state index contributed by atoms with van der Waals surface area (Å²) in [5, 5.41) is 3.26. The fourth-order valence-electron chi connectivity index (χ4n) is 1.61. The van der Waals surface area contributed by atoms with Gasteiger partial charge in [0.2, 0.25) is 5.95 Å². The molecule has 1 aliphatic heterocycles. The normalized spacial score (nSPS) is 20.4. The summed E-state index contributed by atoms with van der Waals surface area (Å²) in [5.41, 5.74) is 18.1. The van der Waals surface area contributed by atoms with Crippen LogP contribution in [0.15, 0.2) is 12.2 Å². The third kappa shape index (κ3) is 1.84. The van der Waals surface area contributed by atoms with Crippen LogP contribution in [-0.4, -0.2) is 16.5 Å². The zero-order valence-electron chi connectivity index (χ0n) is 8.27. The molecule has 7 N–H and O–H groups in total. The Balaban J connectivity index is 2.38. The van der Waals surface area contributed by atoms with Crippen LogP contribution in [0.1, 0.15) is 18.2 Å². The summed E-state index contributed by atoms with van der Waals surface area (Å²) in [6, 6.07) is 0.0719. The maximum Gasteiger partial charge on any atom is 0.222 e. The van der Waals surface area contributed by atoms with E-state index < -0.39 is 0 Å². The molecule has 0 spiro atoms. The van der Waals surface area contributed by atoms with Gasteiger partial charge in [-0.05, 0) is 6.42 Å². The average Bonchev–Trinajstić information content (AvgIpc) is 2.24. The Bertz CT molecular complexity index is 400. The molecule has 1 unspecified atom stereocenters. The molecule has 0 radical (unpaired) electrons. The summed E-state index contributed by atoms with van der Waals surface area (Å²) in [5.74, 6) is 0.405. The number of hydrogen-bond donors (Lipinski definition) is 4. The maximum atomic E-state index is 5.81. The summed E-state index contributed by atoms with van der Waals surface area (Å²) >= 11 is 0. The molecule has 2 rings (SSSR count). The number of rotatable bonds is 1. The van der Waals surface area contributed by atoms with Crippen molar-refractivity contribution in [3.8, 4) is 0 Å². The smallest absolute Gasteiger partial charge is 0.222 e. The highest BCUT2D eigenvalue weighted by atomic mass is 15.1. The van der Waals surface area contributed by atoms with Crippen molar-refractivity contribution in [3.63, 3.8) is 0 Å². The summed E-state index contributed by atoms with van der Waals surface area (Å²) < 4.78 is 0. The lowest BCUT2D eigenvalue weighted by Crippen LogP contribution is -2.26. The van der Waals surface area contributed by atoms with Crippen LogP contribution in [0.5, 0.6) is 0 Å². The van der Waals surface area contributed by atoms with Crippen LogP contribution in [0.2, 0.25) is 0 Å². The third-order valence-electron chi connectivity index (χ3n) is 2.37. The van der Waals surface area contributed by atoms with Gasteiger partial charge in [0, 0.05) is 6.54 Å². The van der Waals surface area contributed by atoms with Crippen molar-refractivity contribution in [3.05, 3.63) is 17.8 Å². The number of nitrogens with one attached hydrogen (secondary N) is 1. The lowest BCUT2D eigenvalue weighted by atomic mass is 10.1. The Hall–Kier alpha value is -1.82. The van der Waals surface area contributed by atoms with Gasteiger partial charge in [0.1, 0.15) is 0 Å². The summed E-state index contributed by atoms with van der Waals surface area (Å²) in [4.78, 5) is 7.92. The third-order valence-corrected chi connectivity index (χ3v) is 2.37. The van der Waals surface area contributed by atoms with Crippen molar-refractivity contribution in [2.45, 2.75) is 12.5 Å². The van der Waals surface area contributed by atoms with E-state index in [4.69, 9.17) is 17.2 Å². The Morgan fingerprint density at radius 3 is 2.67 bits per heavy atom. The quantitative estimate of drug-likeness (QED) is 0.473. The minimum atomic E-state index is 0.0719. The van der Waals surface area contributed by atoms with Gasteiger partial charge < -0.3 is 22.5 Å². The van der Waals surface area contributed by atoms with Crippen LogP contribution in [0, 0.1) is 0 Å². The van der Waals surface area contributed by atoms with E-state index in [1.54, 1.807) is 0 Å². The van der Waals surface area contributed by atoms with Crippen molar-refractivity contribution in [1.29, 1.82) is 0 Å². The van der Waals surface area contributed by atoms with Crippen LogP contribution in [0.3, 0.4) is 0 Å². The highest BCUT2D eigenvalue weighted by molar-refractivity contribution is 5.63. The van der Waals surface area contributed by atoms with Crippen molar-refractivity contribution in [2.75, 3.05) is 23.7 Å². The first-order valence-electron chi connectivity index (χ1n) is 4.75. The molecule has 15 heavy (non-hydrogen) atoms. The minimum Gasteiger partial charge on any atom is -0.394 e. The standard InChI is InChI=1S/C9H14N6/c10-6-7(5-3-1-2-4-13-5)14-9(12)15-8(6)11/h1-2,5,13H,3-4,10H2,(H4,11,12,14,15). The highest BCUT2D eigenvalue weighted by Gasteiger charge is 2.18. The van der Waals surface area contributed by atoms with Crippen molar-refractivity contribution >= 4 is 17.5 Å². The topological polar surface area (TPSA) is 116 Å². The molecule has 2 heterocycles. The van der Waals surface area contributed by atoms with Gasteiger partial charge in [-0.25, -0.2) is 4.98 Å². The molecule has 0 aromatic carbocycles. The summed E-state index contributed by atoms with van der Waals surface area (Å²) in [6.07, 6.45) is 4.97. The van der Waals surface area contributed by atoms with Crippen molar-refractivity contribution in [2.24, 2.45) is 0 Å². The molecule has 6 heteroatoms. The second-order valence-electron chi connectivity index (χ2n) is 3.43. The largest absolute Gasteiger partial charge is 0.394 e. The van der Waals surface area contributed by atoms with E-state index in [9.17, 15) is 0 Å². The molecule has 1 aromatic rings. The van der Waals surface area contributed by atoms with Gasteiger partial charge >= 0.3 is 0 Å². The van der Waals surface area contributed by atoms with E-state index in [1.807, 2.05) is 0 Å². The molecule has 1 aromatic heterocycles. The first-order chi connectivity index (χ1) is 7.18. The zero-order valence-corrected chi connectivity index (χ0v) is 8.27. The Morgan fingerprint density at radius 2 is 2.00 bits per heavy atom. The monoisotopic (exact) mass is 206 g/mol. The lowest BCUT2D eigenvalue weighted by Gasteiger charge is -2.21. The molecular formula is C9H14N6. The number of nitrogens with two attached hydrogens (primary N) is 3. The number of nitrogens with zero attached hydrogens (tertiary/aromatic N) is 2. The van der Waals surface area contributed by atoms with Gasteiger partial charge in [0.25, 0.3) is 0 Å². The Morgan fingerprint density at radius 1 is 1.20 bits per heavy atom. The number of nitrogen functional groups attached to an aromatic ring is 3. The number of aromatic nitrogens is 2. The minimum absolute atomic E-state index is 0.0719. The number of hydrogen-bond acceptors (Lipinski definition) is 6. The number of anilines is 3. The van der Waals surface area contributed by atoms with Crippen molar-refractivity contribution < 1.29 is 0 Å².